The van der Waals surface area contributed by atoms with Crippen molar-refractivity contribution in [1.82, 2.24) is 5.32 Å². The van der Waals surface area contributed by atoms with Crippen molar-refractivity contribution in [3.8, 4) is 5.75 Å². The van der Waals surface area contributed by atoms with E-state index in [1.807, 2.05) is 37.7 Å². The number of aryl methyl sites for hydroxylation is 2. The van der Waals surface area contributed by atoms with Crippen molar-refractivity contribution in [1.29, 1.82) is 0 Å². The van der Waals surface area contributed by atoms with E-state index in [1.54, 1.807) is 0 Å². The zero-order chi connectivity index (χ0) is 18.9. The van der Waals surface area contributed by atoms with E-state index < -0.39 is 6.10 Å². The van der Waals surface area contributed by atoms with Crippen LogP contribution in [0.2, 0.25) is 0 Å². The molecule has 2 aromatic rings. The van der Waals surface area contributed by atoms with E-state index >= 15 is 0 Å². The maximum atomic E-state index is 12.4. The second-order valence-corrected chi connectivity index (χ2v) is 7.65. The fourth-order valence-corrected chi connectivity index (χ4v) is 3.49. The van der Waals surface area contributed by atoms with Gasteiger partial charge in [-0.1, -0.05) is 48.9 Å². The molecule has 2 aromatic carbocycles. The van der Waals surface area contributed by atoms with E-state index in [1.165, 1.54) is 16.7 Å². The van der Waals surface area contributed by atoms with Gasteiger partial charge in [-0.05, 0) is 49.9 Å². The maximum absolute atomic E-state index is 12.4. The van der Waals surface area contributed by atoms with Crippen LogP contribution in [-0.4, -0.2) is 24.3 Å². The number of carbonyl (C=O) groups is 1. The monoisotopic (exact) mass is 371 g/mol. The zero-order valence-corrected chi connectivity index (χ0v) is 17.0. The number of ether oxygens (including phenoxy) is 1. The lowest BCUT2D eigenvalue weighted by molar-refractivity contribution is -0.128. The summed E-state index contributed by atoms with van der Waals surface area (Å²) >= 11 is 1.83. The number of thioether (sulfide) groups is 1. The van der Waals surface area contributed by atoms with E-state index in [2.05, 4.69) is 49.5 Å². The molecule has 0 saturated heterocycles. The maximum Gasteiger partial charge on any atom is 0.261 e. The summed E-state index contributed by atoms with van der Waals surface area (Å²) in [6.45, 7) is 8.81. The van der Waals surface area contributed by atoms with Gasteiger partial charge < -0.3 is 10.1 Å². The van der Waals surface area contributed by atoms with Crippen LogP contribution in [0.15, 0.2) is 42.5 Å². The van der Waals surface area contributed by atoms with Gasteiger partial charge in [0, 0.05) is 18.1 Å². The summed E-state index contributed by atoms with van der Waals surface area (Å²) in [5.41, 5.74) is 4.87. The first-order valence-electron chi connectivity index (χ1n) is 9.15. The number of hydrogen-bond acceptors (Lipinski definition) is 3. The van der Waals surface area contributed by atoms with Crippen LogP contribution < -0.4 is 10.1 Å². The van der Waals surface area contributed by atoms with Crippen LogP contribution in [-0.2, 0) is 10.5 Å². The molecule has 0 aliphatic heterocycles. The highest BCUT2D eigenvalue weighted by Crippen LogP contribution is 2.22. The molecule has 4 heteroatoms. The Hall–Kier alpha value is -1.94. The molecule has 0 fully saturated rings. The lowest BCUT2D eigenvalue weighted by atomic mass is 10.1. The lowest BCUT2D eigenvalue weighted by Crippen LogP contribution is -2.39. The second-order valence-electron chi connectivity index (χ2n) is 6.55. The Balaban J connectivity index is 1.75. The molecule has 26 heavy (non-hydrogen) atoms. The Kier molecular flexibility index (Phi) is 8.05. The van der Waals surface area contributed by atoms with Gasteiger partial charge in [0.1, 0.15) is 5.75 Å². The lowest BCUT2D eigenvalue weighted by Gasteiger charge is -2.19. The number of carbonyl (C=O) groups excluding carboxylic acids is 1. The molecule has 3 nitrogen and oxygen atoms in total. The van der Waals surface area contributed by atoms with Crippen molar-refractivity contribution in [3.63, 3.8) is 0 Å². The molecule has 140 valence electrons. The molecular weight excluding hydrogens is 342 g/mol. The molecule has 0 aliphatic rings. The molecule has 0 spiro atoms. The smallest absolute Gasteiger partial charge is 0.261 e. The van der Waals surface area contributed by atoms with Crippen molar-refractivity contribution in [2.75, 3.05) is 12.3 Å². The van der Waals surface area contributed by atoms with Gasteiger partial charge in [0.25, 0.3) is 5.91 Å². The van der Waals surface area contributed by atoms with Crippen LogP contribution in [0.1, 0.15) is 35.6 Å². The predicted octanol–water partition coefficient (Wildman–Crippen LogP) is 4.82. The van der Waals surface area contributed by atoms with Crippen LogP contribution in [0, 0.1) is 20.8 Å². The molecule has 0 aromatic heterocycles. The highest BCUT2D eigenvalue weighted by atomic mass is 32.2. The molecule has 0 saturated carbocycles. The summed E-state index contributed by atoms with van der Waals surface area (Å²) in [5, 5.41) is 3.00. The molecule has 1 atom stereocenters. The molecule has 1 amide bonds. The predicted molar refractivity (Wildman–Crippen MR) is 111 cm³/mol. The molecule has 0 heterocycles. The molecule has 1 N–H and O–H groups in total. The number of rotatable bonds is 9. The number of hydrogen-bond donors (Lipinski definition) is 1. The largest absolute Gasteiger partial charge is 0.480 e. The fourth-order valence-electron chi connectivity index (χ4n) is 2.68. The molecular formula is C22H29NO2S. The summed E-state index contributed by atoms with van der Waals surface area (Å²) in [6, 6.07) is 14.5. The number of amides is 1. The van der Waals surface area contributed by atoms with Crippen molar-refractivity contribution in [3.05, 3.63) is 64.7 Å². The highest BCUT2D eigenvalue weighted by Gasteiger charge is 2.18. The zero-order valence-electron chi connectivity index (χ0n) is 16.2. The Morgan fingerprint density at radius 2 is 1.92 bits per heavy atom. The van der Waals surface area contributed by atoms with E-state index in [-0.39, 0.29) is 5.91 Å². The topological polar surface area (TPSA) is 38.3 Å². The SMILES string of the molecule is CC[C@H](Oc1cccc(C)c1C)C(=O)NCCSCc1cccc(C)c1. The highest BCUT2D eigenvalue weighted by molar-refractivity contribution is 7.98. The first-order valence-corrected chi connectivity index (χ1v) is 10.3. The van der Waals surface area contributed by atoms with E-state index in [0.29, 0.717) is 13.0 Å². The van der Waals surface area contributed by atoms with Gasteiger partial charge >= 0.3 is 0 Å². The minimum atomic E-state index is -0.447. The van der Waals surface area contributed by atoms with Crippen molar-refractivity contribution in [2.45, 2.75) is 46.0 Å². The molecule has 0 bridgehead atoms. The van der Waals surface area contributed by atoms with Gasteiger partial charge in [-0.3, -0.25) is 4.79 Å². The van der Waals surface area contributed by atoms with Gasteiger partial charge in [0.15, 0.2) is 6.10 Å². The normalized spacial score (nSPS) is 11.8. The van der Waals surface area contributed by atoms with Crippen molar-refractivity contribution >= 4 is 17.7 Å². The average Bonchev–Trinajstić information content (AvgIpc) is 2.62. The fraction of sp³-hybridized carbons (Fsp3) is 0.409. The third-order valence-electron chi connectivity index (χ3n) is 4.38. The van der Waals surface area contributed by atoms with E-state index in [0.717, 1.165) is 22.8 Å². The third-order valence-corrected chi connectivity index (χ3v) is 5.41. The van der Waals surface area contributed by atoms with Gasteiger partial charge in [0.05, 0.1) is 0 Å². The Morgan fingerprint density at radius 3 is 2.65 bits per heavy atom. The first-order chi connectivity index (χ1) is 12.5. The number of nitrogens with one attached hydrogen (secondary N) is 1. The van der Waals surface area contributed by atoms with Crippen LogP contribution in [0.5, 0.6) is 5.75 Å². The average molecular weight is 372 g/mol. The van der Waals surface area contributed by atoms with Crippen molar-refractivity contribution < 1.29 is 9.53 Å². The van der Waals surface area contributed by atoms with Gasteiger partial charge in [-0.2, -0.15) is 11.8 Å². The van der Waals surface area contributed by atoms with Crippen molar-refractivity contribution in [2.24, 2.45) is 0 Å². The summed E-state index contributed by atoms with van der Waals surface area (Å²) in [7, 11) is 0. The molecule has 0 unspecified atom stereocenters. The van der Waals surface area contributed by atoms with Crippen LogP contribution in [0.3, 0.4) is 0 Å². The minimum Gasteiger partial charge on any atom is -0.480 e. The first kappa shape index (κ1) is 20.4. The standard InChI is InChI=1S/C22H29NO2S/c1-5-20(25-21-11-7-9-17(3)18(21)4)22(24)23-12-13-26-15-19-10-6-8-16(2)14-19/h6-11,14,20H,5,12-13,15H2,1-4H3,(H,23,24)/t20-/m0/s1. The summed E-state index contributed by atoms with van der Waals surface area (Å²) in [4.78, 5) is 12.4. The van der Waals surface area contributed by atoms with Crippen LogP contribution in [0.25, 0.3) is 0 Å². The third kappa shape index (κ3) is 6.10. The van der Waals surface area contributed by atoms with Gasteiger partial charge in [-0.25, -0.2) is 0 Å². The molecule has 0 aliphatic carbocycles. The summed E-state index contributed by atoms with van der Waals surface area (Å²) in [6.07, 6.45) is 0.201. The summed E-state index contributed by atoms with van der Waals surface area (Å²) < 4.78 is 5.96. The van der Waals surface area contributed by atoms with Crippen LogP contribution >= 0.6 is 11.8 Å². The van der Waals surface area contributed by atoms with Crippen LogP contribution in [0.4, 0.5) is 0 Å². The number of benzene rings is 2. The summed E-state index contributed by atoms with van der Waals surface area (Å²) in [5.74, 6) is 2.61. The van der Waals surface area contributed by atoms with Gasteiger partial charge in [-0.15, -0.1) is 0 Å². The van der Waals surface area contributed by atoms with Gasteiger partial charge in [0.2, 0.25) is 0 Å². The second kappa shape index (κ2) is 10.3. The quantitative estimate of drug-likeness (QED) is 0.642. The molecule has 2 rings (SSSR count). The van der Waals surface area contributed by atoms with E-state index in [9.17, 15) is 4.79 Å². The Bertz CT molecular complexity index is 730. The molecule has 0 radical (unpaired) electrons. The Labute approximate surface area is 161 Å². The minimum absolute atomic E-state index is 0.0374. The Morgan fingerprint density at radius 1 is 1.15 bits per heavy atom. The van der Waals surface area contributed by atoms with E-state index in [4.69, 9.17) is 4.74 Å².